The fourth-order valence-electron chi connectivity index (χ4n) is 4.61. The Hall–Kier alpha value is -4.45. The lowest BCUT2D eigenvalue weighted by atomic mass is 9.92. The van der Waals surface area contributed by atoms with E-state index in [4.69, 9.17) is 0 Å². The first-order valence-corrected chi connectivity index (χ1v) is 10.5. The van der Waals surface area contributed by atoms with Crippen LogP contribution in [-0.4, -0.2) is 20.4 Å². The van der Waals surface area contributed by atoms with Crippen LogP contribution < -0.4 is 0 Å². The minimum absolute atomic E-state index is 0.0389. The number of Topliss-reactive ketones (excluding diaryl/α,β-unsaturated/α-hetero) is 1. The first-order chi connectivity index (χ1) is 16.0. The number of carbonyl (C=O) groups is 1. The van der Waals surface area contributed by atoms with E-state index in [9.17, 15) is 20.0 Å². The quantitative estimate of drug-likeness (QED) is 0.198. The van der Waals surface area contributed by atoms with Gasteiger partial charge in [0.2, 0.25) is 0 Å². The zero-order valence-corrected chi connectivity index (χ0v) is 17.9. The van der Waals surface area contributed by atoms with Crippen LogP contribution in [0.25, 0.3) is 32.9 Å². The van der Waals surface area contributed by atoms with E-state index in [1.54, 1.807) is 30.3 Å². The third kappa shape index (κ3) is 3.24. The molecular weight excluding hydrogens is 416 g/mol. The van der Waals surface area contributed by atoms with Crippen molar-refractivity contribution in [3.63, 3.8) is 0 Å². The van der Waals surface area contributed by atoms with Crippen LogP contribution in [-0.2, 0) is 6.54 Å². The molecule has 4 aromatic carbocycles. The minimum atomic E-state index is -0.448. The van der Waals surface area contributed by atoms with Crippen molar-refractivity contribution in [3.8, 4) is 16.9 Å². The van der Waals surface area contributed by atoms with Gasteiger partial charge in [-0.25, -0.2) is 0 Å². The highest BCUT2D eigenvalue weighted by atomic mass is 16.6. The SMILES string of the molecule is CC(=O)c1c(-c2ccccc2)c([N+](=O)[O-])c2c(c1O)c1ccccc1n2Cc1ccccc1. The van der Waals surface area contributed by atoms with Gasteiger partial charge in [-0.3, -0.25) is 14.9 Å². The number of aromatic nitrogens is 1. The number of phenolic OH excluding ortho intramolecular Hbond substituents is 1. The Morgan fingerprint density at radius 2 is 1.55 bits per heavy atom. The number of hydrogen-bond donors (Lipinski definition) is 1. The summed E-state index contributed by atoms with van der Waals surface area (Å²) in [4.78, 5) is 24.9. The molecule has 33 heavy (non-hydrogen) atoms. The van der Waals surface area contributed by atoms with E-state index in [1.807, 2.05) is 59.2 Å². The molecule has 1 N–H and O–H groups in total. The van der Waals surface area contributed by atoms with E-state index in [0.717, 1.165) is 11.1 Å². The van der Waals surface area contributed by atoms with Crippen molar-refractivity contribution >= 4 is 33.3 Å². The highest BCUT2D eigenvalue weighted by molar-refractivity contribution is 6.21. The predicted molar refractivity (Wildman–Crippen MR) is 129 cm³/mol. The highest BCUT2D eigenvalue weighted by Gasteiger charge is 2.33. The van der Waals surface area contributed by atoms with Crippen molar-refractivity contribution in [3.05, 3.63) is 106 Å². The van der Waals surface area contributed by atoms with Crippen LogP contribution in [0.2, 0.25) is 0 Å². The molecule has 0 bridgehead atoms. The van der Waals surface area contributed by atoms with Crippen LogP contribution in [0.3, 0.4) is 0 Å². The van der Waals surface area contributed by atoms with Gasteiger partial charge >= 0.3 is 5.69 Å². The molecule has 0 atom stereocenters. The van der Waals surface area contributed by atoms with E-state index < -0.39 is 10.7 Å². The largest absolute Gasteiger partial charge is 0.506 e. The maximum absolute atomic E-state index is 12.7. The summed E-state index contributed by atoms with van der Waals surface area (Å²) in [5.41, 5.74) is 2.42. The maximum Gasteiger partial charge on any atom is 0.302 e. The van der Waals surface area contributed by atoms with E-state index >= 15 is 0 Å². The van der Waals surface area contributed by atoms with Gasteiger partial charge in [-0.15, -0.1) is 0 Å². The summed E-state index contributed by atoms with van der Waals surface area (Å²) in [5, 5.41) is 24.9. The normalized spacial score (nSPS) is 11.2. The van der Waals surface area contributed by atoms with Crippen molar-refractivity contribution in [2.45, 2.75) is 13.5 Å². The number of phenols is 1. The molecule has 5 rings (SSSR count). The Morgan fingerprint density at radius 3 is 2.18 bits per heavy atom. The molecule has 0 aliphatic rings. The Balaban J connectivity index is 2.03. The Bertz CT molecular complexity index is 1540. The third-order valence-corrected chi connectivity index (χ3v) is 5.94. The van der Waals surface area contributed by atoms with Crippen molar-refractivity contribution in [2.75, 3.05) is 0 Å². The number of para-hydroxylation sites is 1. The van der Waals surface area contributed by atoms with Crippen LogP contribution in [0.5, 0.6) is 5.75 Å². The summed E-state index contributed by atoms with van der Waals surface area (Å²) < 4.78 is 1.86. The molecule has 0 unspecified atom stereocenters. The van der Waals surface area contributed by atoms with Gasteiger partial charge in [0.1, 0.15) is 11.3 Å². The fraction of sp³-hybridized carbons (Fsp3) is 0.0741. The van der Waals surface area contributed by atoms with E-state index in [-0.39, 0.29) is 22.6 Å². The van der Waals surface area contributed by atoms with Crippen LogP contribution in [0, 0.1) is 10.1 Å². The molecule has 0 spiro atoms. The van der Waals surface area contributed by atoms with Crippen molar-refractivity contribution < 1.29 is 14.8 Å². The summed E-state index contributed by atoms with van der Waals surface area (Å²) in [6.45, 7) is 1.69. The number of fused-ring (bicyclic) bond motifs is 3. The molecule has 5 aromatic rings. The Morgan fingerprint density at radius 1 is 0.939 bits per heavy atom. The summed E-state index contributed by atoms with van der Waals surface area (Å²) in [6, 6.07) is 25.7. The average molecular weight is 436 g/mol. The smallest absolute Gasteiger partial charge is 0.302 e. The van der Waals surface area contributed by atoms with Gasteiger partial charge in [0.05, 0.1) is 21.4 Å². The number of aromatic hydroxyl groups is 1. The fourth-order valence-corrected chi connectivity index (χ4v) is 4.61. The lowest BCUT2D eigenvalue weighted by molar-refractivity contribution is -0.382. The van der Waals surface area contributed by atoms with Gasteiger partial charge in [0.15, 0.2) is 5.78 Å². The van der Waals surface area contributed by atoms with Crippen LogP contribution in [0.1, 0.15) is 22.8 Å². The molecule has 0 saturated heterocycles. The highest BCUT2D eigenvalue weighted by Crippen LogP contribution is 2.49. The number of nitrogens with zero attached hydrogens (tertiary/aromatic N) is 2. The second-order valence-electron chi connectivity index (χ2n) is 7.94. The zero-order chi connectivity index (χ0) is 23.1. The second-order valence-corrected chi connectivity index (χ2v) is 7.94. The number of ketones is 1. The molecule has 0 saturated carbocycles. The molecule has 6 nitrogen and oxygen atoms in total. The molecule has 0 aliphatic heterocycles. The van der Waals surface area contributed by atoms with Gasteiger partial charge in [-0.1, -0.05) is 78.9 Å². The van der Waals surface area contributed by atoms with Crippen molar-refractivity contribution in [1.29, 1.82) is 0 Å². The van der Waals surface area contributed by atoms with Gasteiger partial charge < -0.3 is 9.67 Å². The van der Waals surface area contributed by atoms with Gasteiger partial charge in [-0.05, 0) is 24.1 Å². The molecule has 0 radical (unpaired) electrons. The number of rotatable bonds is 5. The molecular formula is C27H20N2O4. The monoisotopic (exact) mass is 436 g/mol. The molecule has 0 fully saturated rings. The summed E-state index contributed by atoms with van der Waals surface area (Å²) in [5.74, 6) is -0.666. The number of hydrogen-bond acceptors (Lipinski definition) is 4. The van der Waals surface area contributed by atoms with Crippen LogP contribution in [0.4, 0.5) is 5.69 Å². The summed E-state index contributed by atoms with van der Waals surface area (Å²) >= 11 is 0. The van der Waals surface area contributed by atoms with Gasteiger partial charge in [-0.2, -0.15) is 0 Å². The molecule has 6 heteroatoms. The van der Waals surface area contributed by atoms with Crippen molar-refractivity contribution in [1.82, 2.24) is 4.57 Å². The lowest BCUT2D eigenvalue weighted by Gasteiger charge is -2.14. The molecule has 0 aliphatic carbocycles. The van der Waals surface area contributed by atoms with Crippen LogP contribution >= 0.6 is 0 Å². The number of nitro benzene ring substituents is 1. The summed E-state index contributed by atoms with van der Waals surface area (Å²) in [7, 11) is 0. The first-order valence-electron chi connectivity index (χ1n) is 10.5. The number of benzene rings is 4. The van der Waals surface area contributed by atoms with E-state index in [2.05, 4.69) is 0 Å². The third-order valence-electron chi connectivity index (χ3n) is 5.94. The van der Waals surface area contributed by atoms with Crippen molar-refractivity contribution in [2.24, 2.45) is 0 Å². The summed E-state index contributed by atoms with van der Waals surface area (Å²) in [6.07, 6.45) is 0. The predicted octanol–water partition coefficient (Wildman–Crippen LogP) is 6.33. The molecule has 0 amide bonds. The number of nitro groups is 1. The molecule has 1 aromatic heterocycles. The minimum Gasteiger partial charge on any atom is -0.506 e. The van der Waals surface area contributed by atoms with E-state index in [1.165, 1.54) is 6.92 Å². The molecule has 1 heterocycles. The lowest BCUT2D eigenvalue weighted by Crippen LogP contribution is -2.06. The molecule has 162 valence electrons. The first kappa shape index (κ1) is 20.5. The number of carbonyl (C=O) groups excluding carboxylic acids is 1. The van der Waals surface area contributed by atoms with E-state index in [0.29, 0.717) is 28.4 Å². The standard InChI is InChI=1S/C27H20N2O4/c1-17(30)22-23(19-12-6-3-7-13-19)26(29(32)33)25-24(27(22)31)20-14-8-9-15-21(20)28(25)16-18-10-4-2-5-11-18/h2-15,31H,16H2,1H3. The van der Waals surface area contributed by atoms with Gasteiger partial charge in [0.25, 0.3) is 0 Å². The average Bonchev–Trinajstić information content (AvgIpc) is 3.14. The topological polar surface area (TPSA) is 85.4 Å². The Labute approximate surface area is 189 Å². The zero-order valence-electron chi connectivity index (χ0n) is 17.9. The maximum atomic E-state index is 12.7. The van der Waals surface area contributed by atoms with Crippen LogP contribution in [0.15, 0.2) is 84.9 Å². The second kappa shape index (κ2) is 7.91. The van der Waals surface area contributed by atoms with Gasteiger partial charge in [0, 0.05) is 17.4 Å². The Kier molecular flexibility index (Phi) is 4.90.